The second kappa shape index (κ2) is 6.08. The van der Waals surface area contributed by atoms with E-state index in [-0.39, 0.29) is 6.61 Å². The third kappa shape index (κ3) is 7.95. The van der Waals surface area contributed by atoms with Gasteiger partial charge in [0.25, 0.3) is 0 Å². The molecule has 0 saturated heterocycles. The summed E-state index contributed by atoms with van der Waals surface area (Å²) < 4.78 is 25.4. The molecule has 5 heteroatoms. The molecule has 0 spiro atoms. The molecular weight excluding hydrogens is 146 g/mol. The van der Waals surface area contributed by atoms with Crippen molar-refractivity contribution in [1.29, 1.82) is 0 Å². The Bertz CT molecular complexity index is 87.9. The van der Waals surface area contributed by atoms with Gasteiger partial charge in [-0.15, -0.1) is 9.42 Å². The lowest BCUT2D eigenvalue weighted by molar-refractivity contribution is 0.269. The van der Waals surface area contributed by atoms with Crippen molar-refractivity contribution in [3.8, 4) is 0 Å². The van der Waals surface area contributed by atoms with E-state index in [4.69, 9.17) is 4.89 Å². The smallest absolute Gasteiger partial charge is 0.251 e. The van der Waals surface area contributed by atoms with Crippen LogP contribution in [0.2, 0.25) is 0 Å². The second-order valence-corrected chi connectivity index (χ2v) is 2.20. The molecule has 0 aromatic carbocycles. The summed E-state index contributed by atoms with van der Waals surface area (Å²) in [6.07, 6.45) is 0.890. The van der Waals surface area contributed by atoms with E-state index in [1.807, 2.05) is 0 Å². The van der Waals surface area contributed by atoms with E-state index in [1.165, 1.54) is 0 Å². The van der Waals surface area contributed by atoms with Crippen molar-refractivity contribution in [3.05, 3.63) is 0 Å². The summed E-state index contributed by atoms with van der Waals surface area (Å²) in [6, 6.07) is 0. The molecule has 0 bridgehead atoms. The van der Waals surface area contributed by atoms with Crippen molar-refractivity contribution in [2.45, 2.75) is 12.8 Å². The third-order valence-corrected chi connectivity index (χ3v) is 1.13. The molecule has 0 aromatic heterocycles. The molecule has 54 valence electrons. The molecule has 0 aliphatic heterocycles. The Morgan fingerprint density at radius 3 is 2.67 bits per heavy atom. The van der Waals surface area contributed by atoms with Gasteiger partial charge in [-0.2, -0.15) is 0 Å². The minimum absolute atomic E-state index is 0.162. The molecule has 0 fully saturated rings. The highest BCUT2D eigenvalue weighted by Crippen LogP contribution is 2.14. The largest absolute Gasteiger partial charge is 0.694 e. The van der Waals surface area contributed by atoms with Crippen LogP contribution in [0.1, 0.15) is 12.8 Å². The van der Waals surface area contributed by atoms with E-state index in [9.17, 15) is 8.96 Å². The molecule has 0 amide bonds. The van der Waals surface area contributed by atoms with Gasteiger partial charge in [0.2, 0.25) is 0 Å². The van der Waals surface area contributed by atoms with Crippen LogP contribution in [0, 0.1) is 0 Å². The summed E-state index contributed by atoms with van der Waals surface area (Å²) in [4.78, 5) is 8.04. The number of unbranched alkanes of at least 4 members (excludes halogenated alkanes) is 1. The van der Waals surface area contributed by atoms with E-state index < -0.39 is 14.9 Å². The number of hydrogen-bond donors (Lipinski definition) is 1. The summed E-state index contributed by atoms with van der Waals surface area (Å²) in [5, 5.41) is 0. The minimum Gasteiger partial charge on any atom is -0.251 e. The summed E-state index contributed by atoms with van der Waals surface area (Å²) >= 11 is 0. The number of rotatable bonds is 5. The molecular formula is C4H9FO3P+. The SMILES string of the molecule is O=[P+](O)OCCCCF. The Morgan fingerprint density at radius 1 is 1.56 bits per heavy atom. The molecule has 9 heavy (non-hydrogen) atoms. The summed E-state index contributed by atoms with van der Waals surface area (Å²) in [6.45, 7) is -0.235. The maximum absolute atomic E-state index is 11.3. The normalized spacial score (nSPS) is 11.6. The molecule has 1 atom stereocenters. The van der Waals surface area contributed by atoms with Gasteiger partial charge in [-0.1, -0.05) is 0 Å². The second-order valence-electron chi connectivity index (χ2n) is 1.47. The molecule has 0 heterocycles. The van der Waals surface area contributed by atoms with Crippen molar-refractivity contribution in [1.82, 2.24) is 0 Å². The lowest BCUT2D eigenvalue weighted by Crippen LogP contribution is -1.86. The summed E-state index contributed by atoms with van der Waals surface area (Å²) in [7, 11) is -2.49. The van der Waals surface area contributed by atoms with Crippen molar-refractivity contribution >= 4 is 8.25 Å². The van der Waals surface area contributed by atoms with Crippen LogP contribution in [0.3, 0.4) is 0 Å². The first kappa shape index (κ1) is 8.95. The number of alkyl halides is 1. The first-order valence-electron chi connectivity index (χ1n) is 2.62. The van der Waals surface area contributed by atoms with Crippen molar-refractivity contribution in [3.63, 3.8) is 0 Å². The van der Waals surface area contributed by atoms with E-state index >= 15 is 0 Å². The number of halogens is 1. The van der Waals surface area contributed by atoms with Gasteiger partial charge in [0.1, 0.15) is 6.61 Å². The van der Waals surface area contributed by atoms with Crippen LogP contribution < -0.4 is 0 Å². The van der Waals surface area contributed by atoms with Gasteiger partial charge in [0.15, 0.2) is 0 Å². The Labute approximate surface area is 53.8 Å². The highest BCUT2D eigenvalue weighted by atomic mass is 31.1. The monoisotopic (exact) mass is 155 g/mol. The zero-order chi connectivity index (χ0) is 7.11. The standard InChI is InChI=1S/C4H8FO3P/c5-3-1-2-4-8-9(6)7/h1-4H2/p+1. The fraction of sp³-hybridized carbons (Fsp3) is 1.00. The maximum Gasteiger partial charge on any atom is 0.694 e. The van der Waals surface area contributed by atoms with Gasteiger partial charge in [-0.25, -0.2) is 0 Å². The average molecular weight is 155 g/mol. The van der Waals surface area contributed by atoms with Gasteiger partial charge in [-0.3, -0.25) is 4.39 Å². The van der Waals surface area contributed by atoms with Gasteiger partial charge < -0.3 is 0 Å². The van der Waals surface area contributed by atoms with Crippen LogP contribution in [-0.4, -0.2) is 18.2 Å². The molecule has 0 aliphatic carbocycles. The first-order valence-corrected chi connectivity index (χ1v) is 3.75. The van der Waals surface area contributed by atoms with Crippen LogP contribution in [0.15, 0.2) is 0 Å². The first-order chi connectivity index (χ1) is 4.27. The molecule has 0 aliphatic rings. The lowest BCUT2D eigenvalue weighted by atomic mass is 10.4. The van der Waals surface area contributed by atoms with Crippen molar-refractivity contribution in [2.75, 3.05) is 13.3 Å². The molecule has 0 saturated carbocycles. The van der Waals surface area contributed by atoms with Crippen LogP contribution in [0.25, 0.3) is 0 Å². The third-order valence-electron chi connectivity index (χ3n) is 0.730. The molecule has 0 radical (unpaired) electrons. The van der Waals surface area contributed by atoms with Gasteiger partial charge in [0, 0.05) is 4.57 Å². The Kier molecular flexibility index (Phi) is 6.04. The van der Waals surface area contributed by atoms with Gasteiger partial charge >= 0.3 is 8.25 Å². The van der Waals surface area contributed by atoms with Crippen LogP contribution in [0.4, 0.5) is 4.39 Å². The van der Waals surface area contributed by atoms with E-state index in [1.54, 1.807) is 0 Å². The molecule has 1 N–H and O–H groups in total. The Balaban J connectivity index is 2.83. The topological polar surface area (TPSA) is 46.5 Å². The zero-order valence-electron chi connectivity index (χ0n) is 4.92. The van der Waals surface area contributed by atoms with Crippen LogP contribution in [-0.2, 0) is 9.09 Å². The molecule has 0 rings (SSSR count). The fourth-order valence-corrected chi connectivity index (χ4v) is 0.624. The van der Waals surface area contributed by atoms with E-state index in [0.717, 1.165) is 0 Å². The Hall–Kier alpha value is -0.0500. The zero-order valence-corrected chi connectivity index (χ0v) is 5.81. The van der Waals surface area contributed by atoms with Gasteiger partial charge in [0.05, 0.1) is 6.67 Å². The minimum atomic E-state index is -2.49. The quantitative estimate of drug-likeness (QED) is 0.482. The van der Waals surface area contributed by atoms with E-state index in [2.05, 4.69) is 4.52 Å². The summed E-state index contributed by atoms with van der Waals surface area (Å²) in [5.41, 5.74) is 0. The van der Waals surface area contributed by atoms with Gasteiger partial charge in [-0.05, 0) is 12.8 Å². The highest BCUT2D eigenvalue weighted by molar-refractivity contribution is 7.32. The van der Waals surface area contributed by atoms with Crippen LogP contribution in [0.5, 0.6) is 0 Å². The lowest BCUT2D eigenvalue weighted by Gasteiger charge is -1.86. The molecule has 3 nitrogen and oxygen atoms in total. The van der Waals surface area contributed by atoms with Crippen molar-refractivity contribution < 1.29 is 18.4 Å². The predicted molar refractivity (Wildman–Crippen MR) is 31.0 cm³/mol. The van der Waals surface area contributed by atoms with E-state index in [0.29, 0.717) is 12.8 Å². The predicted octanol–water partition coefficient (Wildman–Crippen LogP) is 1.40. The molecule has 0 aromatic rings. The molecule has 1 unspecified atom stereocenters. The fourth-order valence-electron chi connectivity index (χ4n) is 0.339. The maximum atomic E-state index is 11.3. The Morgan fingerprint density at radius 2 is 2.22 bits per heavy atom. The van der Waals surface area contributed by atoms with Crippen molar-refractivity contribution in [2.24, 2.45) is 0 Å². The van der Waals surface area contributed by atoms with Crippen LogP contribution >= 0.6 is 8.25 Å². The summed E-state index contributed by atoms with van der Waals surface area (Å²) in [5.74, 6) is 0. The highest BCUT2D eigenvalue weighted by Gasteiger charge is 2.09. The average Bonchev–Trinajstić information content (AvgIpc) is 1.80. The number of hydrogen-bond acceptors (Lipinski definition) is 2.